The fraction of sp³-hybridized carbons (Fsp3) is 0.0625. The molecule has 0 aliphatic rings. The molecule has 0 heterocycles. The normalized spacial score (nSPS) is 9.50. The molecule has 0 radical (unpaired) electrons. The molecule has 0 saturated carbocycles. The van der Waals surface area contributed by atoms with Crippen molar-refractivity contribution in [3.8, 4) is 11.8 Å². The standard InChI is InChI=1S/C16H13NO/c1-2-13-7-9-16(10-8-13)18-12-15-5-3-14(11-17)4-6-15/h2-10H,1,12H2. The highest BCUT2D eigenvalue weighted by molar-refractivity contribution is 5.48. The van der Waals surface area contributed by atoms with Crippen molar-refractivity contribution >= 4 is 6.08 Å². The summed E-state index contributed by atoms with van der Waals surface area (Å²) in [6.45, 7) is 4.20. The second kappa shape index (κ2) is 5.70. The molecule has 0 fully saturated rings. The van der Waals surface area contributed by atoms with E-state index in [2.05, 4.69) is 12.6 Å². The first-order valence-corrected chi connectivity index (χ1v) is 5.66. The van der Waals surface area contributed by atoms with E-state index in [-0.39, 0.29) is 0 Å². The summed E-state index contributed by atoms with van der Waals surface area (Å²) in [5.74, 6) is 0.824. The minimum atomic E-state index is 0.499. The van der Waals surface area contributed by atoms with Gasteiger partial charge in [0, 0.05) is 0 Å². The summed E-state index contributed by atoms with van der Waals surface area (Å²) in [5, 5.41) is 8.70. The van der Waals surface area contributed by atoms with E-state index >= 15 is 0 Å². The number of hydrogen-bond acceptors (Lipinski definition) is 2. The van der Waals surface area contributed by atoms with Crippen molar-refractivity contribution < 1.29 is 4.74 Å². The molecule has 0 aliphatic heterocycles. The lowest BCUT2D eigenvalue weighted by Crippen LogP contribution is -1.95. The van der Waals surface area contributed by atoms with Crippen LogP contribution in [-0.2, 0) is 6.61 Å². The third kappa shape index (κ3) is 2.99. The lowest BCUT2D eigenvalue weighted by molar-refractivity contribution is 0.306. The SMILES string of the molecule is C=Cc1ccc(OCc2ccc(C#N)cc2)cc1. The summed E-state index contributed by atoms with van der Waals surface area (Å²) in [6, 6.07) is 17.2. The predicted molar refractivity (Wildman–Crippen MR) is 72.0 cm³/mol. The molecule has 0 bridgehead atoms. The Hall–Kier alpha value is -2.53. The fourth-order valence-corrected chi connectivity index (χ4v) is 1.54. The highest BCUT2D eigenvalue weighted by Gasteiger charge is 1.96. The van der Waals surface area contributed by atoms with Crippen molar-refractivity contribution in [1.29, 1.82) is 5.26 Å². The zero-order valence-corrected chi connectivity index (χ0v) is 9.97. The van der Waals surface area contributed by atoms with E-state index < -0.39 is 0 Å². The average Bonchev–Trinajstić information content (AvgIpc) is 2.46. The quantitative estimate of drug-likeness (QED) is 0.807. The largest absolute Gasteiger partial charge is 0.489 e. The van der Waals surface area contributed by atoms with Gasteiger partial charge in [-0.25, -0.2) is 0 Å². The van der Waals surface area contributed by atoms with Crippen LogP contribution in [0.2, 0.25) is 0 Å². The van der Waals surface area contributed by atoms with E-state index in [0.717, 1.165) is 16.9 Å². The Bertz CT molecular complexity index is 562. The Morgan fingerprint density at radius 3 is 2.28 bits per heavy atom. The van der Waals surface area contributed by atoms with E-state index in [9.17, 15) is 0 Å². The maximum absolute atomic E-state index is 8.70. The van der Waals surface area contributed by atoms with Crippen molar-refractivity contribution in [2.24, 2.45) is 0 Å². The predicted octanol–water partition coefficient (Wildman–Crippen LogP) is 3.78. The molecular weight excluding hydrogens is 222 g/mol. The van der Waals surface area contributed by atoms with Crippen LogP contribution in [0.25, 0.3) is 6.08 Å². The summed E-state index contributed by atoms with van der Waals surface area (Å²) < 4.78 is 5.65. The first-order chi connectivity index (χ1) is 8.81. The third-order valence-corrected chi connectivity index (χ3v) is 2.60. The van der Waals surface area contributed by atoms with E-state index in [1.807, 2.05) is 36.4 Å². The summed E-state index contributed by atoms with van der Waals surface area (Å²) in [7, 11) is 0. The Morgan fingerprint density at radius 2 is 1.72 bits per heavy atom. The average molecular weight is 235 g/mol. The summed E-state index contributed by atoms with van der Waals surface area (Å²) >= 11 is 0. The van der Waals surface area contributed by atoms with Crippen molar-refractivity contribution in [3.05, 3.63) is 71.8 Å². The smallest absolute Gasteiger partial charge is 0.119 e. The first kappa shape index (κ1) is 11.9. The van der Waals surface area contributed by atoms with Gasteiger partial charge in [-0.2, -0.15) is 5.26 Å². The van der Waals surface area contributed by atoms with Crippen LogP contribution in [0.1, 0.15) is 16.7 Å². The molecule has 18 heavy (non-hydrogen) atoms. The highest BCUT2D eigenvalue weighted by Crippen LogP contribution is 2.15. The summed E-state index contributed by atoms with van der Waals surface area (Å²) in [6.07, 6.45) is 1.80. The van der Waals surface area contributed by atoms with Crippen LogP contribution in [0, 0.1) is 11.3 Å². The molecular formula is C16H13NO. The zero-order valence-electron chi connectivity index (χ0n) is 9.97. The van der Waals surface area contributed by atoms with Crippen LogP contribution in [0.4, 0.5) is 0 Å². The summed E-state index contributed by atoms with van der Waals surface area (Å²) in [4.78, 5) is 0. The van der Waals surface area contributed by atoms with Gasteiger partial charge in [0.05, 0.1) is 11.6 Å². The van der Waals surface area contributed by atoms with Gasteiger partial charge in [-0.3, -0.25) is 0 Å². The molecule has 0 amide bonds. The number of nitrogens with zero attached hydrogens (tertiary/aromatic N) is 1. The van der Waals surface area contributed by atoms with E-state index in [4.69, 9.17) is 10.00 Å². The number of ether oxygens (including phenoxy) is 1. The Morgan fingerprint density at radius 1 is 1.06 bits per heavy atom. The Balaban J connectivity index is 1.97. The second-order valence-electron chi connectivity index (χ2n) is 3.87. The van der Waals surface area contributed by atoms with Crippen LogP contribution in [0.5, 0.6) is 5.75 Å². The van der Waals surface area contributed by atoms with Gasteiger partial charge in [-0.1, -0.05) is 36.9 Å². The van der Waals surface area contributed by atoms with Crippen LogP contribution in [-0.4, -0.2) is 0 Å². The summed E-state index contributed by atoms with van der Waals surface area (Å²) in [5.41, 5.74) is 2.77. The maximum atomic E-state index is 8.70. The van der Waals surface area contributed by atoms with Crippen molar-refractivity contribution in [3.63, 3.8) is 0 Å². The Labute approximate surface area is 107 Å². The van der Waals surface area contributed by atoms with Gasteiger partial charge in [-0.15, -0.1) is 0 Å². The van der Waals surface area contributed by atoms with Crippen LogP contribution >= 0.6 is 0 Å². The number of nitriles is 1. The topological polar surface area (TPSA) is 33.0 Å². The molecule has 2 aromatic carbocycles. The lowest BCUT2D eigenvalue weighted by Gasteiger charge is -2.06. The molecule has 0 unspecified atom stereocenters. The minimum Gasteiger partial charge on any atom is -0.489 e. The molecule has 2 heteroatoms. The van der Waals surface area contributed by atoms with Gasteiger partial charge >= 0.3 is 0 Å². The number of hydrogen-bond donors (Lipinski definition) is 0. The van der Waals surface area contributed by atoms with Gasteiger partial charge in [0.25, 0.3) is 0 Å². The van der Waals surface area contributed by atoms with Crippen molar-refractivity contribution in [1.82, 2.24) is 0 Å². The zero-order chi connectivity index (χ0) is 12.8. The molecule has 0 N–H and O–H groups in total. The monoisotopic (exact) mass is 235 g/mol. The Kier molecular flexibility index (Phi) is 3.78. The van der Waals surface area contributed by atoms with Crippen molar-refractivity contribution in [2.75, 3.05) is 0 Å². The molecule has 2 aromatic rings. The van der Waals surface area contributed by atoms with Gasteiger partial charge in [0.15, 0.2) is 0 Å². The van der Waals surface area contributed by atoms with Gasteiger partial charge in [0.2, 0.25) is 0 Å². The van der Waals surface area contributed by atoms with E-state index in [0.29, 0.717) is 12.2 Å². The van der Waals surface area contributed by atoms with Crippen LogP contribution in [0.15, 0.2) is 55.1 Å². The fourth-order valence-electron chi connectivity index (χ4n) is 1.54. The molecule has 0 atom stereocenters. The lowest BCUT2D eigenvalue weighted by atomic mass is 10.1. The highest BCUT2D eigenvalue weighted by atomic mass is 16.5. The number of benzene rings is 2. The molecule has 0 aliphatic carbocycles. The maximum Gasteiger partial charge on any atom is 0.119 e. The van der Waals surface area contributed by atoms with E-state index in [1.54, 1.807) is 18.2 Å². The van der Waals surface area contributed by atoms with Crippen molar-refractivity contribution in [2.45, 2.75) is 6.61 Å². The molecule has 0 saturated heterocycles. The van der Waals surface area contributed by atoms with Gasteiger partial charge < -0.3 is 4.74 Å². The molecule has 88 valence electrons. The second-order valence-corrected chi connectivity index (χ2v) is 3.87. The molecule has 0 spiro atoms. The van der Waals surface area contributed by atoms with Gasteiger partial charge in [-0.05, 0) is 35.4 Å². The molecule has 0 aromatic heterocycles. The molecule has 2 nitrogen and oxygen atoms in total. The third-order valence-electron chi connectivity index (χ3n) is 2.60. The van der Waals surface area contributed by atoms with Crippen LogP contribution in [0.3, 0.4) is 0 Å². The van der Waals surface area contributed by atoms with Crippen LogP contribution < -0.4 is 4.74 Å². The number of rotatable bonds is 4. The molecule has 2 rings (SSSR count). The first-order valence-electron chi connectivity index (χ1n) is 5.66. The van der Waals surface area contributed by atoms with E-state index in [1.165, 1.54) is 0 Å². The van der Waals surface area contributed by atoms with Gasteiger partial charge in [0.1, 0.15) is 12.4 Å². The minimum absolute atomic E-state index is 0.499.